The van der Waals surface area contributed by atoms with Crippen molar-refractivity contribution in [2.75, 3.05) is 13.1 Å². The second-order valence-corrected chi connectivity index (χ2v) is 7.66. The first kappa shape index (κ1) is 14.7. The maximum absolute atomic E-state index is 12.5. The van der Waals surface area contributed by atoms with Gasteiger partial charge in [-0.05, 0) is 12.1 Å². The third-order valence-electron chi connectivity index (χ3n) is 4.35. The largest absolute Gasteiger partial charge is 0.486 e. The fraction of sp³-hybridized carbons (Fsp3) is 0.400. The molecule has 7 nitrogen and oxygen atoms in total. The maximum atomic E-state index is 12.5. The average molecular weight is 334 g/mol. The van der Waals surface area contributed by atoms with Gasteiger partial charge in [0, 0.05) is 32.5 Å². The predicted molar refractivity (Wildman–Crippen MR) is 83.5 cm³/mol. The number of fused-ring (bicyclic) bond motifs is 2. The van der Waals surface area contributed by atoms with Gasteiger partial charge in [-0.25, -0.2) is 18.1 Å². The van der Waals surface area contributed by atoms with Gasteiger partial charge in [-0.15, -0.1) is 0 Å². The zero-order chi connectivity index (χ0) is 16.0. The molecule has 2 aliphatic heterocycles. The van der Waals surface area contributed by atoms with E-state index in [1.54, 1.807) is 30.5 Å². The molecule has 2 aliphatic rings. The van der Waals surface area contributed by atoms with Crippen LogP contribution in [-0.2, 0) is 23.6 Å². The number of hydrogen-bond acceptors (Lipinski definition) is 5. The van der Waals surface area contributed by atoms with Crippen LogP contribution in [0, 0.1) is 0 Å². The van der Waals surface area contributed by atoms with Crippen molar-refractivity contribution in [3.63, 3.8) is 0 Å². The van der Waals surface area contributed by atoms with Gasteiger partial charge >= 0.3 is 0 Å². The molecule has 0 saturated carbocycles. The second kappa shape index (κ2) is 5.33. The molecule has 1 aromatic carbocycles. The summed E-state index contributed by atoms with van der Waals surface area (Å²) in [6, 6.07) is 6.51. The molecule has 0 bridgehead atoms. The van der Waals surface area contributed by atoms with E-state index in [1.165, 1.54) is 0 Å². The lowest BCUT2D eigenvalue weighted by Gasteiger charge is -2.16. The van der Waals surface area contributed by atoms with Gasteiger partial charge in [-0.1, -0.05) is 12.1 Å². The summed E-state index contributed by atoms with van der Waals surface area (Å²) in [7, 11) is -1.60. The van der Waals surface area contributed by atoms with Crippen molar-refractivity contribution in [2.45, 2.75) is 23.6 Å². The number of aryl methyl sites for hydroxylation is 1. The lowest BCUT2D eigenvalue weighted by atomic mass is 10.2. The third kappa shape index (κ3) is 2.62. The summed E-state index contributed by atoms with van der Waals surface area (Å²) < 4.78 is 35.7. The molecule has 122 valence electrons. The van der Waals surface area contributed by atoms with Crippen LogP contribution in [-0.4, -0.2) is 48.1 Å². The number of nitrogens with one attached hydrogen (secondary N) is 1. The predicted octanol–water partition coefficient (Wildman–Crippen LogP) is 0.344. The van der Waals surface area contributed by atoms with E-state index >= 15 is 0 Å². The highest BCUT2D eigenvalue weighted by Gasteiger charge is 2.41. The summed E-state index contributed by atoms with van der Waals surface area (Å²) in [6.45, 7) is 1.93. The Morgan fingerprint density at radius 1 is 1.35 bits per heavy atom. The lowest BCUT2D eigenvalue weighted by Crippen LogP contribution is -2.42. The Balaban J connectivity index is 1.58. The van der Waals surface area contributed by atoms with Crippen LogP contribution in [0.2, 0.25) is 0 Å². The fourth-order valence-electron chi connectivity index (χ4n) is 3.16. The minimum Gasteiger partial charge on any atom is -0.486 e. The zero-order valence-corrected chi connectivity index (χ0v) is 13.5. The van der Waals surface area contributed by atoms with Gasteiger partial charge in [0.1, 0.15) is 22.6 Å². The van der Waals surface area contributed by atoms with Gasteiger partial charge < -0.3 is 9.30 Å². The summed E-state index contributed by atoms with van der Waals surface area (Å²) in [6.07, 6.45) is 3.46. The minimum absolute atomic E-state index is 0.200. The molecule has 0 unspecified atom stereocenters. The Hall–Kier alpha value is -1.90. The first-order valence-corrected chi connectivity index (χ1v) is 8.98. The first-order valence-electron chi connectivity index (χ1n) is 7.49. The first-order chi connectivity index (χ1) is 11.0. The Bertz CT molecular complexity index is 833. The molecular weight excluding hydrogens is 316 g/mol. The number of ether oxygens (including phenoxy) is 1. The highest BCUT2D eigenvalue weighted by atomic mass is 32.2. The summed E-state index contributed by atoms with van der Waals surface area (Å²) in [5, 5.41) is 0. The molecule has 1 N–H and O–H groups in total. The Kier molecular flexibility index (Phi) is 3.40. The number of rotatable bonds is 2. The van der Waals surface area contributed by atoms with Crippen molar-refractivity contribution in [3.05, 3.63) is 42.5 Å². The number of aromatic nitrogens is 2. The van der Waals surface area contributed by atoms with E-state index in [0.717, 1.165) is 5.82 Å². The molecule has 1 saturated heterocycles. The number of benzene rings is 1. The summed E-state index contributed by atoms with van der Waals surface area (Å²) in [4.78, 5) is 6.70. The molecule has 1 aromatic heterocycles. The van der Waals surface area contributed by atoms with Crippen molar-refractivity contribution >= 4 is 10.0 Å². The molecule has 2 atom stereocenters. The molecule has 0 aliphatic carbocycles. The van der Waals surface area contributed by atoms with Crippen LogP contribution in [0.15, 0.2) is 41.6 Å². The molecule has 3 heterocycles. The number of hydrogen-bond donors (Lipinski definition) is 1. The zero-order valence-electron chi connectivity index (χ0n) is 12.7. The van der Waals surface area contributed by atoms with Gasteiger partial charge in [0.05, 0.1) is 12.6 Å². The van der Waals surface area contributed by atoms with E-state index in [1.807, 2.05) is 17.8 Å². The number of imidazole rings is 1. The molecule has 0 amide bonds. The molecule has 23 heavy (non-hydrogen) atoms. The molecule has 1 fully saturated rings. The van der Waals surface area contributed by atoms with Gasteiger partial charge in [0.15, 0.2) is 0 Å². The SMILES string of the molecule is Cn1ccnc1CN1C[C@@H]2Oc3ccccc3S(=O)(=O)N[C@@H]2C1. The van der Waals surface area contributed by atoms with Crippen LogP contribution < -0.4 is 9.46 Å². The van der Waals surface area contributed by atoms with Crippen LogP contribution in [0.4, 0.5) is 0 Å². The molecule has 2 aromatic rings. The van der Waals surface area contributed by atoms with Crippen molar-refractivity contribution < 1.29 is 13.2 Å². The van der Waals surface area contributed by atoms with Crippen molar-refractivity contribution in [1.82, 2.24) is 19.2 Å². The van der Waals surface area contributed by atoms with Crippen LogP contribution in [0.3, 0.4) is 0 Å². The number of nitrogens with zero attached hydrogens (tertiary/aromatic N) is 3. The third-order valence-corrected chi connectivity index (χ3v) is 5.88. The number of para-hydroxylation sites is 1. The van der Waals surface area contributed by atoms with Gasteiger partial charge in [-0.2, -0.15) is 0 Å². The fourth-order valence-corrected chi connectivity index (χ4v) is 4.55. The van der Waals surface area contributed by atoms with E-state index in [-0.39, 0.29) is 17.0 Å². The van der Waals surface area contributed by atoms with E-state index in [9.17, 15) is 8.42 Å². The molecule has 4 rings (SSSR count). The highest BCUT2D eigenvalue weighted by molar-refractivity contribution is 7.89. The molecule has 8 heteroatoms. The normalized spacial score (nSPS) is 26.1. The number of likely N-dealkylation sites (tertiary alicyclic amines) is 1. The monoisotopic (exact) mass is 334 g/mol. The van der Waals surface area contributed by atoms with E-state index in [4.69, 9.17) is 4.74 Å². The van der Waals surface area contributed by atoms with Crippen LogP contribution in [0.25, 0.3) is 0 Å². The average Bonchev–Trinajstić information content (AvgIpc) is 3.04. The smallest absolute Gasteiger partial charge is 0.244 e. The van der Waals surface area contributed by atoms with E-state index < -0.39 is 10.0 Å². The maximum Gasteiger partial charge on any atom is 0.244 e. The lowest BCUT2D eigenvalue weighted by molar-refractivity contribution is 0.183. The molecular formula is C15H18N4O3S. The standard InChI is InChI=1S/C15H18N4O3S/c1-18-7-6-16-15(18)10-19-8-11-13(9-19)22-12-4-2-3-5-14(12)23(20,21)17-11/h2-7,11,13,17H,8-10H2,1H3/t11-,13+/m1/s1. The Morgan fingerprint density at radius 2 is 2.17 bits per heavy atom. The van der Waals surface area contributed by atoms with Crippen molar-refractivity contribution in [3.8, 4) is 5.75 Å². The van der Waals surface area contributed by atoms with Gasteiger partial charge in [0.25, 0.3) is 0 Å². The van der Waals surface area contributed by atoms with Gasteiger partial charge in [-0.3, -0.25) is 4.90 Å². The van der Waals surface area contributed by atoms with E-state index in [2.05, 4.69) is 14.6 Å². The van der Waals surface area contributed by atoms with Gasteiger partial charge in [0.2, 0.25) is 10.0 Å². The van der Waals surface area contributed by atoms with Crippen LogP contribution in [0.5, 0.6) is 5.75 Å². The minimum atomic E-state index is -3.55. The van der Waals surface area contributed by atoms with E-state index in [0.29, 0.717) is 25.4 Å². The summed E-state index contributed by atoms with van der Waals surface area (Å²) in [5.74, 6) is 1.37. The summed E-state index contributed by atoms with van der Waals surface area (Å²) in [5.41, 5.74) is 0. The molecule has 0 spiro atoms. The van der Waals surface area contributed by atoms with Crippen LogP contribution in [0.1, 0.15) is 5.82 Å². The molecule has 0 radical (unpaired) electrons. The quantitative estimate of drug-likeness (QED) is 0.857. The highest BCUT2D eigenvalue weighted by Crippen LogP contribution is 2.30. The second-order valence-electron chi connectivity index (χ2n) is 5.98. The number of sulfonamides is 1. The summed E-state index contributed by atoms with van der Waals surface area (Å²) >= 11 is 0. The Labute approximate surface area is 134 Å². The van der Waals surface area contributed by atoms with Crippen LogP contribution >= 0.6 is 0 Å². The topological polar surface area (TPSA) is 76.5 Å². The Morgan fingerprint density at radius 3 is 2.96 bits per heavy atom. The van der Waals surface area contributed by atoms with Crippen molar-refractivity contribution in [2.24, 2.45) is 7.05 Å². The van der Waals surface area contributed by atoms with Crippen molar-refractivity contribution in [1.29, 1.82) is 0 Å².